The van der Waals surface area contributed by atoms with Crippen LogP contribution in [0.4, 0.5) is 0 Å². The van der Waals surface area contributed by atoms with E-state index in [1.807, 2.05) is 30.3 Å². The molecule has 0 unspecified atom stereocenters. The summed E-state index contributed by atoms with van der Waals surface area (Å²) < 4.78 is 8.59. The molecule has 8 heteroatoms. The van der Waals surface area contributed by atoms with E-state index in [0.29, 0.717) is 23.1 Å². The summed E-state index contributed by atoms with van der Waals surface area (Å²) in [4.78, 5) is 28.6. The number of methoxy groups -OCH3 is 1. The van der Waals surface area contributed by atoms with Gasteiger partial charge in [0, 0.05) is 11.6 Å². The van der Waals surface area contributed by atoms with Gasteiger partial charge in [0.2, 0.25) is 0 Å². The number of piperidine rings is 1. The summed E-state index contributed by atoms with van der Waals surface area (Å²) in [5, 5.41) is 7.50. The molecule has 0 saturated carbocycles. The van der Waals surface area contributed by atoms with E-state index >= 15 is 0 Å². The van der Waals surface area contributed by atoms with Crippen molar-refractivity contribution in [1.82, 2.24) is 24.4 Å². The normalized spacial score (nSPS) is 15.2. The van der Waals surface area contributed by atoms with E-state index in [0.717, 1.165) is 42.8 Å². The number of nitrogens with zero attached hydrogens (tertiary/aromatic N) is 4. The molecule has 2 aromatic heterocycles. The molecular weight excluding hydrogens is 418 g/mol. The van der Waals surface area contributed by atoms with Gasteiger partial charge in [-0.15, -0.1) is 0 Å². The summed E-state index contributed by atoms with van der Waals surface area (Å²) in [6.45, 7) is 2.32. The molecule has 1 aliphatic heterocycles. The molecule has 33 heavy (non-hydrogen) atoms. The van der Waals surface area contributed by atoms with Crippen LogP contribution in [0.25, 0.3) is 16.6 Å². The SMILES string of the molecule is COc1ccc(Cn2c(=O)c3ccnn3c3ccc(C(=O)NC4CCN(C)CC4)cc32)cc1. The van der Waals surface area contributed by atoms with Crippen molar-refractivity contribution in [2.24, 2.45) is 0 Å². The monoisotopic (exact) mass is 445 g/mol. The van der Waals surface area contributed by atoms with E-state index in [9.17, 15) is 9.59 Å². The molecule has 8 nitrogen and oxygen atoms in total. The zero-order chi connectivity index (χ0) is 22.9. The predicted molar refractivity (Wildman–Crippen MR) is 127 cm³/mol. The van der Waals surface area contributed by atoms with E-state index < -0.39 is 0 Å². The second kappa shape index (κ2) is 8.71. The van der Waals surface area contributed by atoms with Gasteiger partial charge in [-0.1, -0.05) is 12.1 Å². The van der Waals surface area contributed by atoms with Crippen LogP contribution in [0, 0.1) is 0 Å². The Hall–Kier alpha value is -3.65. The molecule has 0 bridgehead atoms. The van der Waals surface area contributed by atoms with Crippen LogP contribution in [-0.4, -0.2) is 58.3 Å². The lowest BCUT2D eigenvalue weighted by molar-refractivity contribution is 0.0917. The van der Waals surface area contributed by atoms with Crippen molar-refractivity contribution in [2.45, 2.75) is 25.4 Å². The van der Waals surface area contributed by atoms with E-state index in [1.165, 1.54) is 0 Å². The molecule has 0 radical (unpaired) electrons. The highest BCUT2D eigenvalue weighted by Gasteiger charge is 2.20. The Morgan fingerprint density at radius 2 is 1.82 bits per heavy atom. The van der Waals surface area contributed by atoms with Crippen LogP contribution in [0.3, 0.4) is 0 Å². The van der Waals surface area contributed by atoms with E-state index in [2.05, 4.69) is 22.4 Å². The van der Waals surface area contributed by atoms with Gasteiger partial charge >= 0.3 is 0 Å². The number of nitrogens with one attached hydrogen (secondary N) is 1. The van der Waals surface area contributed by atoms with E-state index in [-0.39, 0.29) is 17.5 Å². The van der Waals surface area contributed by atoms with Gasteiger partial charge in [-0.05, 0) is 74.9 Å². The molecular formula is C25H27N5O3. The van der Waals surface area contributed by atoms with Crippen molar-refractivity contribution >= 4 is 22.5 Å². The standard InChI is InChI=1S/C25H27N5O3/c1-28-13-10-19(11-14-28)27-24(31)18-5-8-21-23(15-18)29(25(32)22-9-12-26-30(21)22)16-17-3-6-20(33-2)7-4-17/h3-9,12,15,19H,10-11,13-14,16H2,1-2H3,(H,27,31). The van der Waals surface area contributed by atoms with E-state index in [1.54, 1.807) is 40.6 Å². The van der Waals surface area contributed by atoms with Crippen LogP contribution in [0.1, 0.15) is 28.8 Å². The number of hydrogen-bond acceptors (Lipinski definition) is 5. The molecule has 0 atom stereocenters. The molecule has 1 fully saturated rings. The van der Waals surface area contributed by atoms with Crippen LogP contribution < -0.4 is 15.6 Å². The van der Waals surface area contributed by atoms with Gasteiger partial charge in [-0.3, -0.25) is 9.59 Å². The Bertz CT molecular complexity index is 1360. The Labute approximate surface area is 191 Å². The predicted octanol–water partition coefficient (Wildman–Crippen LogP) is 2.53. The first kappa shape index (κ1) is 21.2. The fourth-order valence-electron chi connectivity index (χ4n) is 4.46. The Morgan fingerprint density at radius 3 is 2.55 bits per heavy atom. The highest BCUT2D eigenvalue weighted by atomic mass is 16.5. The van der Waals surface area contributed by atoms with Gasteiger partial charge < -0.3 is 19.5 Å². The summed E-state index contributed by atoms with van der Waals surface area (Å²) >= 11 is 0. The summed E-state index contributed by atoms with van der Waals surface area (Å²) in [6.07, 6.45) is 3.49. The Balaban J connectivity index is 1.54. The van der Waals surface area contributed by atoms with Crippen LogP contribution >= 0.6 is 0 Å². The minimum Gasteiger partial charge on any atom is -0.497 e. The van der Waals surface area contributed by atoms with Gasteiger partial charge in [0.05, 0.1) is 30.9 Å². The van der Waals surface area contributed by atoms with Crippen molar-refractivity contribution in [1.29, 1.82) is 0 Å². The maximum Gasteiger partial charge on any atom is 0.277 e. The maximum absolute atomic E-state index is 13.3. The first-order valence-corrected chi connectivity index (χ1v) is 11.2. The average Bonchev–Trinajstić information content (AvgIpc) is 3.34. The summed E-state index contributed by atoms with van der Waals surface area (Å²) in [7, 11) is 3.72. The van der Waals surface area contributed by atoms with Crippen LogP contribution in [-0.2, 0) is 6.54 Å². The second-order valence-corrected chi connectivity index (χ2v) is 8.62. The highest BCUT2D eigenvalue weighted by Crippen LogP contribution is 2.19. The molecule has 2 aromatic carbocycles. The van der Waals surface area contributed by atoms with Gasteiger partial charge in [0.1, 0.15) is 11.3 Å². The molecule has 5 rings (SSSR count). The van der Waals surface area contributed by atoms with Gasteiger partial charge in [-0.2, -0.15) is 5.10 Å². The molecule has 1 amide bonds. The third kappa shape index (κ3) is 4.09. The summed E-state index contributed by atoms with van der Waals surface area (Å²) in [6, 6.07) is 15.0. The van der Waals surface area contributed by atoms with Crippen molar-refractivity contribution < 1.29 is 9.53 Å². The van der Waals surface area contributed by atoms with Crippen LogP contribution in [0.5, 0.6) is 5.75 Å². The number of hydrogen-bond donors (Lipinski definition) is 1. The largest absolute Gasteiger partial charge is 0.497 e. The number of aromatic nitrogens is 3. The molecule has 0 spiro atoms. The van der Waals surface area contributed by atoms with Crippen molar-refractivity contribution in [3.8, 4) is 5.75 Å². The molecule has 1 saturated heterocycles. The third-order valence-corrected chi connectivity index (χ3v) is 6.42. The number of carbonyl (C=O) groups excluding carboxylic acids is 1. The zero-order valence-electron chi connectivity index (χ0n) is 18.8. The number of likely N-dealkylation sites (tertiary alicyclic amines) is 1. The van der Waals surface area contributed by atoms with Gasteiger partial charge in [-0.25, -0.2) is 4.52 Å². The molecule has 1 aliphatic rings. The van der Waals surface area contributed by atoms with Crippen LogP contribution in [0.2, 0.25) is 0 Å². The Morgan fingerprint density at radius 1 is 1.06 bits per heavy atom. The second-order valence-electron chi connectivity index (χ2n) is 8.62. The minimum atomic E-state index is -0.149. The Kier molecular flexibility index (Phi) is 5.60. The lowest BCUT2D eigenvalue weighted by Gasteiger charge is -2.29. The fourth-order valence-corrected chi connectivity index (χ4v) is 4.46. The lowest BCUT2D eigenvalue weighted by atomic mass is 10.0. The summed E-state index contributed by atoms with van der Waals surface area (Å²) in [5.74, 6) is 0.644. The zero-order valence-corrected chi connectivity index (χ0v) is 18.8. The smallest absolute Gasteiger partial charge is 0.277 e. The molecule has 1 N–H and O–H groups in total. The molecule has 0 aliphatic carbocycles. The lowest BCUT2D eigenvalue weighted by Crippen LogP contribution is -2.43. The van der Waals surface area contributed by atoms with E-state index in [4.69, 9.17) is 4.74 Å². The van der Waals surface area contributed by atoms with Crippen LogP contribution in [0.15, 0.2) is 59.5 Å². The highest BCUT2D eigenvalue weighted by molar-refractivity contribution is 5.97. The number of fused-ring (bicyclic) bond motifs is 3. The topological polar surface area (TPSA) is 80.9 Å². The number of ether oxygens (including phenoxy) is 1. The molecule has 3 heterocycles. The van der Waals surface area contributed by atoms with Gasteiger partial charge in [0.15, 0.2) is 0 Å². The number of benzene rings is 2. The maximum atomic E-state index is 13.3. The molecule has 4 aromatic rings. The summed E-state index contributed by atoms with van der Waals surface area (Å²) in [5.41, 5.74) is 3.30. The minimum absolute atomic E-state index is 0.115. The molecule has 170 valence electrons. The van der Waals surface area contributed by atoms with Crippen molar-refractivity contribution in [3.63, 3.8) is 0 Å². The number of amides is 1. The van der Waals surface area contributed by atoms with Crippen molar-refractivity contribution in [2.75, 3.05) is 27.2 Å². The fraction of sp³-hybridized carbons (Fsp3) is 0.320. The number of rotatable bonds is 5. The van der Waals surface area contributed by atoms with Crippen molar-refractivity contribution in [3.05, 3.63) is 76.2 Å². The first-order valence-electron chi connectivity index (χ1n) is 11.2. The average molecular weight is 446 g/mol. The van der Waals surface area contributed by atoms with Gasteiger partial charge in [0.25, 0.3) is 11.5 Å². The number of carbonyl (C=O) groups is 1. The third-order valence-electron chi connectivity index (χ3n) is 6.42. The quantitative estimate of drug-likeness (QED) is 0.511. The first-order chi connectivity index (χ1) is 16.0.